The Kier molecular flexibility index (Phi) is 4.16. The molecule has 1 fully saturated rings. The maximum Gasteiger partial charge on any atom is 0.255 e. The summed E-state index contributed by atoms with van der Waals surface area (Å²) in [7, 11) is 1.84. The number of aromatic nitrogens is 4. The molecule has 29 heavy (non-hydrogen) atoms. The van der Waals surface area contributed by atoms with Gasteiger partial charge in [0.1, 0.15) is 5.69 Å². The number of aryl methyl sites for hydroxylation is 2. The molecule has 0 unspecified atom stereocenters. The first-order chi connectivity index (χ1) is 14.1. The molecule has 1 amide bonds. The number of carbonyl (C=O) groups is 1. The standard InChI is InChI=1S/C22H21N5O2/c1-14-20-17(12-18(19-7-5-11-29-19)24-21(20)26(2)25-14)22(28)27(16-8-9-16)13-15-6-3-4-10-23-15/h3-7,10-12,16H,8-9,13H2,1-2H3. The fraction of sp³-hybridized carbons (Fsp3) is 0.273. The molecule has 0 N–H and O–H groups in total. The molecule has 5 rings (SSSR count). The molecule has 0 saturated heterocycles. The van der Waals surface area contributed by atoms with Crippen LogP contribution in [0.3, 0.4) is 0 Å². The van der Waals surface area contributed by atoms with Crippen molar-refractivity contribution in [2.45, 2.75) is 32.4 Å². The minimum atomic E-state index is -0.0190. The van der Waals surface area contributed by atoms with Gasteiger partial charge in [0.2, 0.25) is 0 Å². The van der Waals surface area contributed by atoms with Crippen LogP contribution in [-0.4, -0.2) is 36.6 Å². The van der Waals surface area contributed by atoms with Crippen molar-refractivity contribution >= 4 is 16.9 Å². The molecule has 0 spiro atoms. The number of carbonyl (C=O) groups excluding carboxylic acids is 1. The van der Waals surface area contributed by atoms with E-state index in [-0.39, 0.29) is 11.9 Å². The maximum atomic E-state index is 13.7. The molecular formula is C22H21N5O2. The molecule has 4 aromatic heterocycles. The van der Waals surface area contributed by atoms with Gasteiger partial charge >= 0.3 is 0 Å². The third-order valence-electron chi connectivity index (χ3n) is 5.28. The lowest BCUT2D eigenvalue weighted by molar-refractivity contribution is 0.0729. The van der Waals surface area contributed by atoms with Gasteiger partial charge in [0.25, 0.3) is 5.91 Å². The number of amides is 1. The monoisotopic (exact) mass is 387 g/mol. The average molecular weight is 387 g/mol. The normalized spacial score (nSPS) is 13.7. The van der Waals surface area contributed by atoms with E-state index in [0.717, 1.165) is 29.6 Å². The molecule has 0 radical (unpaired) electrons. The zero-order valence-electron chi connectivity index (χ0n) is 16.4. The summed E-state index contributed by atoms with van der Waals surface area (Å²) in [5.74, 6) is 0.608. The van der Waals surface area contributed by atoms with Crippen molar-refractivity contribution in [3.05, 3.63) is 65.8 Å². The zero-order valence-corrected chi connectivity index (χ0v) is 16.4. The third-order valence-corrected chi connectivity index (χ3v) is 5.28. The number of pyridine rings is 2. The van der Waals surface area contributed by atoms with Gasteiger partial charge in [-0.05, 0) is 50.1 Å². The van der Waals surface area contributed by atoms with Gasteiger partial charge in [-0.1, -0.05) is 6.07 Å². The maximum absolute atomic E-state index is 13.7. The van der Waals surface area contributed by atoms with E-state index >= 15 is 0 Å². The molecule has 4 aromatic rings. The minimum absolute atomic E-state index is 0.0190. The summed E-state index contributed by atoms with van der Waals surface area (Å²) in [5, 5.41) is 5.29. The van der Waals surface area contributed by atoms with E-state index in [0.29, 0.717) is 29.2 Å². The van der Waals surface area contributed by atoms with Crippen LogP contribution in [0.2, 0.25) is 0 Å². The Labute approximate surface area is 168 Å². The highest BCUT2D eigenvalue weighted by Crippen LogP contribution is 2.33. The number of hydrogen-bond acceptors (Lipinski definition) is 5. The Hall–Kier alpha value is -3.48. The number of hydrogen-bond donors (Lipinski definition) is 0. The summed E-state index contributed by atoms with van der Waals surface area (Å²) in [5.41, 5.74) is 3.58. The van der Waals surface area contributed by atoms with Gasteiger partial charge in [-0.15, -0.1) is 0 Å². The van der Waals surface area contributed by atoms with Crippen molar-refractivity contribution in [2.24, 2.45) is 7.05 Å². The third kappa shape index (κ3) is 3.18. The predicted molar refractivity (Wildman–Crippen MR) is 108 cm³/mol. The number of rotatable bonds is 5. The highest BCUT2D eigenvalue weighted by atomic mass is 16.3. The van der Waals surface area contributed by atoms with Crippen LogP contribution in [0.5, 0.6) is 0 Å². The molecule has 146 valence electrons. The fourth-order valence-corrected chi connectivity index (χ4v) is 3.74. The van der Waals surface area contributed by atoms with Crippen molar-refractivity contribution in [3.8, 4) is 11.5 Å². The smallest absolute Gasteiger partial charge is 0.255 e. The van der Waals surface area contributed by atoms with Crippen LogP contribution in [0.4, 0.5) is 0 Å². The molecule has 7 nitrogen and oxygen atoms in total. The van der Waals surface area contributed by atoms with Crippen LogP contribution in [0.25, 0.3) is 22.5 Å². The van der Waals surface area contributed by atoms with Crippen LogP contribution < -0.4 is 0 Å². The summed E-state index contributed by atoms with van der Waals surface area (Å²) in [6.07, 6.45) is 5.40. The van der Waals surface area contributed by atoms with E-state index in [4.69, 9.17) is 9.40 Å². The van der Waals surface area contributed by atoms with Gasteiger partial charge in [0.15, 0.2) is 11.4 Å². The molecule has 1 aliphatic carbocycles. The van der Waals surface area contributed by atoms with E-state index in [1.165, 1.54) is 0 Å². The second kappa shape index (κ2) is 6.84. The van der Waals surface area contributed by atoms with Gasteiger partial charge in [-0.25, -0.2) is 4.98 Å². The Bertz CT molecular complexity index is 1180. The highest BCUT2D eigenvalue weighted by Gasteiger charge is 2.35. The lowest BCUT2D eigenvalue weighted by Crippen LogP contribution is -2.33. The Balaban J connectivity index is 1.63. The van der Waals surface area contributed by atoms with Crippen LogP contribution >= 0.6 is 0 Å². The van der Waals surface area contributed by atoms with Crippen molar-refractivity contribution in [2.75, 3.05) is 0 Å². The first-order valence-electron chi connectivity index (χ1n) is 9.71. The summed E-state index contributed by atoms with van der Waals surface area (Å²) in [6, 6.07) is 11.5. The second-order valence-corrected chi connectivity index (χ2v) is 7.43. The summed E-state index contributed by atoms with van der Waals surface area (Å²) >= 11 is 0. The Morgan fingerprint density at radius 2 is 2.14 bits per heavy atom. The van der Waals surface area contributed by atoms with Crippen LogP contribution in [-0.2, 0) is 13.6 Å². The quantitative estimate of drug-likeness (QED) is 0.521. The molecule has 1 saturated carbocycles. The van der Waals surface area contributed by atoms with Gasteiger partial charge < -0.3 is 9.32 Å². The van der Waals surface area contributed by atoms with E-state index in [1.54, 1.807) is 17.1 Å². The molecule has 0 aromatic carbocycles. The summed E-state index contributed by atoms with van der Waals surface area (Å²) in [6.45, 7) is 2.40. The number of fused-ring (bicyclic) bond motifs is 1. The molecular weight excluding hydrogens is 366 g/mol. The molecule has 4 heterocycles. The highest BCUT2D eigenvalue weighted by molar-refractivity contribution is 6.07. The molecule has 0 bridgehead atoms. The van der Waals surface area contributed by atoms with E-state index < -0.39 is 0 Å². The topological polar surface area (TPSA) is 77.0 Å². The summed E-state index contributed by atoms with van der Waals surface area (Å²) < 4.78 is 7.26. The number of furan rings is 1. The SMILES string of the molecule is Cc1nn(C)c2nc(-c3ccco3)cc(C(=O)N(Cc3ccccn3)C3CC3)c12. The lowest BCUT2D eigenvalue weighted by atomic mass is 10.1. The molecule has 0 aliphatic heterocycles. The van der Waals surface area contributed by atoms with Crippen molar-refractivity contribution < 1.29 is 9.21 Å². The summed E-state index contributed by atoms with van der Waals surface area (Å²) in [4.78, 5) is 24.8. The average Bonchev–Trinajstić information content (AvgIpc) is 3.34. The second-order valence-electron chi connectivity index (χ2n) is 7.43. The first-order valence-corrected chi connectivity index (χ1v) is 9.71. The molecule has 7 heteroatoms. The first kappa shape index (κ1) is 17.6. The van der Waals surface area contributed by atoms with Gasteiger partial charge in [-0.2, -0.15) is 5.10 Å². The van der Waals surface area contributed by atoms with E-state index in [2.05, 4.69) is 10.1 Å². The van der Waals surface area contributed by atoms with E-state index in [9.17, 15) is 4.79 Å². The minimum Gasteiger partial charge on any atom is -0.463 e. The largest absolute Gasteiger partial charge is 0.463 e. The van der Waals surface area contributed by atoms with Crippen molar-refractivity contribution in [1.82, 2.24) is 24.6 Å². The van der Waals surface area contributed by atoms with Gasteiger partial charge in [-0.3, -0.25) is 14.5 Å². The molecule has 1 aliphatic rings. The Morgan fingerprint density at radius 1 is 1.28 bits per heavy atom. The van der Waals surface area contributed by atoms with Crippen LogP contribution in [0, 0.1) is 6.92 Å². The van der Waals surface area contributed by atoms with E-state index in [1.807, 2.05) is 55.3 Å². The molecule has 0 atom stereocenters. The van der Waals surface area contributed by atoms with Gasteiger partial charge in [0.05, 0.1) is 35.1 Å². The number of nitrogens with zero attached hydrogens (tertiary/aromatic N) is 5. The van der Waals surface area contributed by atoms with Crippen LogP contribution in [0.1, 0.15) is 34.6 Å². The van der Waals surface area contributed by atoms with Crippen molar-refractivity contribution in [3.63, 3.8) is 0 Å². The van der Waals surface area contributed by atoms with Gasteiger partial charge in [0, 0.05) is 19.3 Å². The zero-order chi connectivity index (χ0) is 20.0. The predicted octanol–water partition coefficient (Wildman–Crippen LogP) is 3.74. The Morgan fingerprint density at radius 3 is 2.83 bits per heavy atom. The van der Waals surface area contributed by atoms with Crippen LogP contribution in [0.15, 0.2) is 53.3 Å². The lowest BCUT2D eigenvalue weighted by Gasteiger charge is -2.23. The van der Waals surface area contributed by atoms with Crippen molar-refractivity contribution in [1.29, 1.82) is 0 Å². The fourth-order valence-electron chi connectivity index (χ4n) is 3.74.